The highest BCUT2D eigenvalue weighted by molar-refractivity contribution is 7.91. The maximum absolute atomic E-state index is 13.0. The molecule has 14 nitrogen and oxygen atoms in total. The highest BCUT2D eigenvalue weighted by atomic mass is 32.2. The van der Waals surface area contributed by atoms with Crippen LogP contribution >= 0.6 is 0 Å². The van der Waals surface area contributed by atoms with Crippen LogP contribution in [0.25, 0.3) is 11.1 Å². The molecule has 0 unspecified atom stereocenters. The van der Waals surface area contributed by atoms with E-state index in [4.69, 9.17) is 0 Å². The number of amides is 8. The Morgan fingerprint density at radius 2 is 0.679 bits per heavy atom. The van der Waals surface area contributed by atoms with E-state index in [0.29, 0.717) is 34.4 Å². The van der Waals surface area contributed by atoms with Crippen molar-refractivity contribution in [1.29, 1.82) is 0 Å². The molecule has 4 aliphatic rings. The third-order valence-electron chi connectivity index (χ3n) is 9.65. The van der Waals surface area contributed by atoms with E-state index in [1.54, 1.807) is 50.2 Å². The fourth-order valence-electron chi connectivity index (χ4n) is 6.67. The summed E-state index contributed by atoms with van der Waals surface area (Å²) in [6.45, 7) is 3.91. The third-order valence-corrected chi connectivity index (χ3v) is 11.4. The van der Waals surface area contributed by atoms with Gasteiger partial charge < -0.3 is 0 Å². The van der Waals surface area contributed by atoms with Gasteiger partial charge in [0.1, 0.15) is 0 Å². The molecule has 53 heavy (non-hydrogen) atoms. The number of rotatable bonds is 5. The van der Waals surface area contributed by atoms with E-state index in [-0.39, 0.29) is 62.2 Å². The molecule has 266 valence electrons. The van der Waals surface area contributed by atoms with Gasteiger partial charge in [0.25, 0.3) is 47.3 Å². The number of carbonyl (C=O) groups excluding carboxylic acids is 8. The number of hydrogen-bond donors (Lipinski definition) is 0. The van der Waals surface area contributed by atoms with Gasteiger partial charge in [-0.15, -0.1) is 0 Å². The number of fused-ring (bicyclic) bond motifs is 4. The summed E-state index contributed by atoms with van der Waals surface area (Å²) in [5.74, 6) is -3.34. The molecule has 4 aromatic carbocycles. The predicted octanol–water partition coefficient (Wildman–Crippen LogP) is 3.56. The first-order valence-corrected chi connectivity index (χ1v) is 17.8. The molecule has 4 aromatic rings. The van der Waals surface area contributed by atoms with Gasteiger partial charge in [-0.3, -0.25) is 58.0 Å². The lowest BCUT2D eigenvalue weighted by atomic mass is 9.97. The zero-order valence-electron chi connectivity index (χ0n) is 28.6. The van der Waals surface area contributed by atoms with Crippen molar-refractivity contribution < 1.29 is 46.8 Å². The first-order valence-electron chi connectivity index (χ1n) is 16.3. The van der Waals surface area contributed by atoms with Gasteiger partial charge >= 0.3 is 0 Å². The van der Waals surface area contributed by atoms with Crippen LogP contribution in [0.4, 0.5) is 0 Å². The minimum atomic E-state index is -4.07. The summed E-state index contributed by atoms with van der Waals surface area (Å²) in [7, 11) is -1.30. The molecule has 0 aromatic heterocycles. The second kappa shape index (κ2) is 12.3. The van der Waals surface area contributed by atoms with Crippen molar-refractivity contribution in [2.45, 2.75) is 23.6 Å². The van der Waals surface area contributed by atoms with E-state index in [2.05, 4.69) is 0 Å². The summed E-state index contributed by atoms with van der Waals surface area (Å²) in [6.07, 6.45) is 0. The molecule has 0 fully saturated rings. The van der Waals surface area contributed by atoms with Gasteiger partial charge in [0.2, 0.25) is 9.84 Å². The van der Waals surface area contributed by atoms with Gasteiger partial charge in [0.15, 0.2) is 0 Å². The van der Waals surface area contributed by atoms with Crippen LogP contribution in [0, 0.1) is 0 Å². The van der Waals surface area contributed by atoms with Crippen LogP contribution in [-0.2, 0) is 9.84 Å². The van der Waals surface area contributed by atoms with Crippen molar-refractivity contribution in [3.63, 3.8) is 0 Å². The summed E-state index contributed by atoms with van der Waals surface area (Å²) >= 11 is 0. The molecular weight excluding hydrogens is 705 g/mol. The zero-order chi connectivity index (χ0) is 38.3. The van der Waals surface area contributed by atoms with E-state index >= 15 is 0 Å². The second-order valence-corrected chi connectivity index (χ2v) is 14.4. The van der Waals surface area contributed by atoms with Crippen LogP contribution < -0.4 is 0 Å². The average Bonchev–Trinajstić information content (AvgIpc) is 3.73. The Kier molecular flexibility index (Phi) is 8.06. The molecule has 0 aliphatic carbocycles. The SMILES string of the molecule is CCN1C(=O)c2ccc(-c3ccc4c(c3)C(=O)N(C)C4=O)cc2C1=O.CCN1C(=O)c2ccc(S(=O)(=O)c3ccc4c(c3)C(=O)N(C)C4=O)cc2C1=O. The summed E-state index contributed by atoms with van der Waals surface area (Å²) in [4.78, 5) is 101. The van der Waals surface area contributed by atoms with Gasteiger partial charge in [0, 0.05) is 27.2 Å². The van der Waals surface area contributed by atoms with E-state index in [9.17, 15) is 46.8 Å². The average molecular weight is 733 g/mol. The van der Waals surface area contributed by atoms with Crippen LogP contribution in [0.15, 0.2) is 82.6 Å². The molecule has 0 saturated carbocycles. The summed E-state index contributed by atoms with van der Waals surface area (Å²) in [6, 6.07) is 17.5. The van der Waals surface area contributed by atoms with E-state index < -0.39 is 33.5 Å². The molecule has 8 rings (SSSR count). The maximum atomic E-state index is 13.0. The number of imide groups is 4. The molecule has 0 spiro atoms. The van der Waals surface area contributed by atoms with Crippen molar-refractivity contribution in [3.8, 4) is 11.1 Å². The molecule has 0 bridgehead atoms. The van der Waals surface area contributed by atoms with E-state index in [1.807, 2.05) is 0 Å². The van der Waals surface area contributed by atoms with Crippen molar-refractivity contribution >= 4 is 57.1 Å². The van der Waals surface area contributed by atoms with Crippen molar-refractivity contribution in [1.82, 2.24) is 19.6 Å². The highest BCUT2D eigenvalue weighted by Crippen LogP contribution is 2.33. The Balaban J connectivity index is 0.000000165. The maximum Gasteiger partial charge on any atom is 0.261 e. The van der Waals surface area contributed by atoms with Gasteiger partial charge in [-0.1, -0.05) is 12.1 Å². The normalized spacial score (nSPS) is 16.0. The predicted molar refractivity (Wildman–Crippen MR) is 185 cm³/mol. The smallest absolute Gasteiger partial charge is 0.261 e. The lowest BCUT2D eigenvalue weighted by Crippen LogP contribution is -2.29. The summed E-state index contributed by atoms with van der Waals surface area (Å²) in [5.41, 5.74) is 3.25. The number of hydrogen-bond acceptors (Lipinski definition) is 10. The number of benzene rings is 4. The second-order valence-electron chi connectivity index (χ2n) is 12.5. The number of nitrogens with zero attached hydrogens (tertiary/aromatic N) is 4. The van der Waals surface area contributed by atoms with Crippen molar-refractivity contribution in [3.05, 3.63) is 117 Å². The number of carbonyl (C=O) groups is 8. The van der Waals surface area contributed by atoms with Gasteiger partial charge in [0.05, 0.1) is 54.3 Å². The minimum Gasteiger partial charge on any atom is -0.277 e. The van der Waals surface area contributed by atoms with E-state index in [1.165, 1.54) is 49.3 Å². The van der Waals surface area contributed by atoms with Crippen LogP contribution in [0.1, 0.15) is 96.7 Å². The first kappa shape index (κ1) is 34.8. The molecule has 4 aliphatic heterocycles. The topological polar surface area (TPSA) is 184 Å². The van der Waals surface area contributed by atoms with Crippen LogP contribution in [-0.4, -0.2) is 102 Å². The molecule has 4 heterocycles. The Bertz CT molecular complexity index is 2560. The van der Waals surface area contributed by atoms with Gasteiger partial charge in [-0.05, 0) is 85.6 Å². The standard InChI is InChI=1S/C19H14N2O6S.C19H14N2O4/c1-3-21-18(24)13-7-5-11(9-15(13)19(21)25)28(26,27)10-4-6-12-14(8-10)17(23)20(2)16(12)22;1-3-21-18(24)13-7-5-11(9-15(13)19(21)25)10-4-6-12-14(8-10)17(23)20(2)16(12)22/h4-9H,3H2,1-2H3;4-9H,3H2,1-2H3. The third kappa shape index (κ3) is 5.10. The highest BCUT2D eigenvalue weighted by Gasteiger charge is 2.38. The van der Waals surface area contributed by atoms with Gasteiger partial charge in [-0.25, -0.2) is 8.42 Å². The van der Waals surface area contributed by atoms with Crippen molar-refractivity contribution in [2.24, 2.45) is 0 Å². The Morgan fingerprint density at radius 1 is 0.396 bits per heavy atom. The lowest BCUT2D eigenvalue weighted by molar-refractivity contribution is 0.0647. The minimum absolute atomic E-state index is 0.0122. The van der Waals surface area contributed by atoms with Crippen LogP contribution in [0.5, 0.6) is 0 Å². The molecule has 0 radical (unpaired) electrons. The quantitative estimate of drug-likeness (QED) is 0.275. The van der Waals surface area contributed by atoms with Crippen LogP contribution in [0.3, 0.4) is 0 Å². The van der Waals surface area contributed by atoms with Crippen LogP contribution in [0.2, 0.25) is 0 Å². The first-order chi connectivity index (χ1) is 25.1. The number of sulfone groups is 1. The molecule has 0 atom stereocenters. The largest absolute Gasteiger partial charge is 0.277 e. The molecule has 8 amide bonds. The van der Waals surface area contributed by atoms with Gasteiger partial charge in [-0.2, -0.15) is 0 Å². The summed E-state index contributed by atoms with van der Waals surface area (Å²) < 4.78 is 26.0. The van der Waals surface area contributed by atoms with E-state index in [0.717, 1.165) is 26.3 Å². The van der Waals surface area contributed by atoms with Crippen molar-refractivity contribution in [2.75, 3.05) is 27.2 Å². The molecule has 0 N–H and O–H groups in total. The molecule has 0 saturated heterocycles. The zero-order valence-corrected chi connectivity index (χ0v) is 29.4. The Morgan fingerprint density at radius 3 is 1.08 bits per heavy atom. The lowest BCUT2D eigenvalue weighted by Gasteiger charge is -2.08. The fourth-order valence-corrected chi connectivity index (χ4v) is 7.98. The summed E-state index contributed by atoms with van der Waals surface area (Å²) in [5, 5.41) is 0. The molecule has 15 heteroatoms. The fraction of sp³-hybridized carbons (Fsp3) is 0.158. The molecular formula is C38H28N4O10S. The Labute approximate surface area is 302 Å². The monoisotopic (exact) mass is 732 g/mol. The Hall–Kier alpha value is -6.61.